The van der Waals surface area contributed by atoms with Crippen LogP contribution >= 0.6 is 11.3 Å². The van der Waals surface area contributed by atoms with Crippen molar-refractivity contribution in [1.29, 1.82) is 0 Å². The summed E-state index contributed by atoms with van der Waals surface area (Å²) in [5.74, 6) is -0.328. The Morgan fingerprint density at radius 1 is 1.11 bits per heavy atom. The third-order valence-corrected chi connectivity index (χ3v) is 5.79. The van der Waals surface area contributed by atoms with Crippen LogP contribution in [0.5, 0.6) is 0 Å². The van der Waals surface area contributed by atoms with Crippen LogP contribution in [-0.2, 0) is 21.2 Å². The molecule has 0 bridgehead atoms. The zero-order chi connectivity index (χ0) is 20.1. The Hall–Kier alpha value is -3.31. The number of nitrogens with zero attached hydrogens (tertiary/aromatic N) is 2. The van der Waals surface area contributed by atoms with E-state index in [1.165, 1.54) is 54.7 Å². The Balaban J connectivity index is 1.62. The van der Waals surface area contributed by atoms with Crippen molar-refractivity contribution in [1.82, 2.24) is 4.98 Å². The van der Waals surface area contributed by atoms with Crippen molar-refractivity contribution >= 4 is 43.8 Å². The van der Waals surface area contributed by atoms with Gasteiger partial charge in [0, 0.05) is 29.4 Å². The van der Waals surface area contributed by atoms with E-state index < -0.39 is 14.9 Å². The van der Waals surface area contributed by atoms with E-state index in [-0.39, 0.29) is 28.0 Å². The number of hydrogen-bond donors (Lipinski definition) is 2. The number of benzene rings is 2. The van der Waals surface area contributed by atoms with Crippen LogP contribution < -0.4 is 10.0 Å². The zero-order valence-corrected chi connectivity index (χ0v) is 15.9. The van der Waals surface area contributed by atoms with Crippen molar-refractivity contribution in [3.8, 4) is 0 Å². The van der Waals surface area contributed by atoms with Gasteiger partial charge in [0.05, 0.1) is 16.2 Å². The Morgan fingerprint density at radius 2 is 1.79 bits per heavy atom. The second-order valence-corrected chi connectivity index (χ2v) is 8.19. The number of sulfonamides is 1. The van der Waals surface area contributed by atoms with Gasteiger partial charge in [-0.1, -0.05) is 12.1 Å². The lowest BCUT2D eigenvalue weighted by Crippen LogP contribution is -2.15. The highest BCUT2D eigenvalue weighted by molar-refractivity contribution is 7.93. The molecular formula is C17H14N4O5S2. The van der Waals surface area contributed by atoms with Gasteiger partial charge in [-0.15, -0.1) is 11.3 Å². The van der Waals surface area contributed by atoms with E-state index in [1.807, 2.05) is 0 Å². The number of carbonyl (C=O) groups is 1. The molecule has 0 aliphatic carbocycles. The molecule has 2 aromatic carbocycles. The average Bonchev–Trinajstić information content (AvgIpc) is 3.15. The quantitative estimate of drug-likeness (QED) is 0.448. The molecule has 3 rings (SSSR count). The lowest BCUT2D eigenvalue weighted by atomic mass is 10.1. The average molecular weight is 418 g/mol. The first-order chi connectivity index (χ1) is 13.3. The predicted molar refractivity (Wildman–Crippen MR) is 105 cm³/mol. The van der Waals surface area contributed by atoms with Gasteiger partial charge in [-0.2, -0.15) is 0 Å². The number of non-ortho nitro benzene ring substituents is 1. The molecular weight excluding hydrogens is 404 g/mol. The molecule has 0 aliphatic rings. The molecule has 144 valence electrons. The Labute approximate surface area is 164 Å². The molecule has 0 saturated carbocycles. The number of rotatable bonds is 7. The van der Waals surface area contributed by atoms with Gasteiger partial charge in [0.15, 0.2) is 5.13 Å². The monoisotopic (exact) mass is 418 g/mol. The fraction of sp³-hybridized carbons (Fsp3) is 0.0588. The molecule has 9 nitrogen and oxygen atoms in total. The van der Waals surface area contributed by atoms with Gasteiger partial charge in [0.1, 0.15) is 0 Å². The summed E-state index contributed by atoms with van der Waals surface area (Å²) in [6.45, 7) is 0. The number of thiazole rings is 1. The molecule has 28 heavy (non-hydrogen) atoms. The number of nitro groups is 1. The number of hydrogen-bond acceptors (Lipinski definition) is 7. The topological polar surface area (TPSA) is 131 Å². The smallest absolute Gasteiger partial charge is 0.269 e. The first kappa shape index (κ1) is 19.5. The summed E-state index contributed by atoms with van der Waals surface area (Å²) in [5, 5.41) is 15.2. The van der Waals surface area contributed by atoms with Crippen molar-refractivity contribution < 1.29 is 18.1 Å². The molecule has 0 fully saturated rings. The largest absolute Gasteiger partial charge is 0.326 e. The summed E-state index contributed by atoms with van der Waals surface area (Å²) >= 11 is 1.16. The van der Waals surface area contributed by atoms with Crippen molar-refractivity contribution in [2.24, 2.45) is 0 Å². The van der Waals surface area contributed by atoms with Gasteiger partial charge in [-0.3, -0.25) is 19.6 Å². The van der Waals surface area contributed by atoms with Gasteiger partial charge in [0.25, 0.3) is 15.7 Å². The van der Waals surface area contributed by atoms with Gasteiger partial charge < -0.3 is 5.32 Å². The summed E-state index contributed by atoms with van der Waals surface area (Å²) < 4.78 is 26.9. The van der Waals surface area contributed by atoms with E-state index >= 15 is 0 Å². The third-order valence-electron chi connectivity index (χ3n) is 3.61. The Kier molecular flexibility index (Phi) is 5.66. The van der Waals surface area contributed by atoms with E-state index in [0.29, 0.717) is 11.3 Å². The molecule has 11 heteroatoms. The highest BCUT2D eigenvalue weighted by Crippen LogP contribution is 2.20. The maximum absolute atomic E-state index is 12.3. The van der Waals surface area contributed by atoms with Crippen LogP contribution in [0.1, 0.15) is 5.56 Å². The summed E-state index contributed by atoms with van der Waals surface area (Å²) in [4.78, 5) is 26.1. The zero-order valence-electron chi connectivity index (χ0n) is 14.2. The van der Waals surface area contributed by atoms with E-state index in [9.17, 15) is 23.3 Å². The van der Waals surface area contributed by atoms with Crippen molar-refractivity contribution in [3.63, 3.8) is 0 Å². The Bertz CT molecular complexity index is 1080. The summed E-state index contributed by atoms with van der Waals surface area (Å²) in [6, 6.07) is 11.4. The first-order valence-corrected chi connectivity index (χ1v) is 10.3. The number of anilines is 2. The minimum Gasteiger partial charge on any atom is -0.326 e. The molecule has 0 spiro atoms. The fourth-order valence-electron chi connectivity index (χ4n) is 2.29. The minimum atomic E-state index is -3.76. The summed E-state index contributed by atoms with van der Waals surface area (Å²) in [7, 11) is -3.76. The van der Waals surface area contributed by atoms with Crippen molar-refractivity contribution in [3.05, 3.63) is 75.8 Å². The van der Waals surface area contributed by atoms with E-state index in [1.54, 1.807) is 5.38 Å². The SMILES string of the molecule is O=C(Cc1ccc([N+](=O)[O-])cc1)Nc1ccc(S(=O)(=O)Nc2nccs2)cc1. The van der Waals surface area contributed by atoms with Crippen LogP contribution in [0.3, 0.4) is 0 Å². The van der Waals surface area contributed by atoms with Crippen molar-refractivity contribution in [2.45, 2.75) is 11.3 Å². The third kappa shape index (κ3) is 4.90. The normalized spacial score (nSPS) is 11.0. The van der Waals surface area contributed by atoms with Crippen LogP contribution in [0.4, 0.5) is 16.5 Å². The molecule has 0 radical (unpaired) electrons. The highest BCUT2D eigenvalue weighted by Gasteiger charge is 2.15. The molecule has 0 atom stereocenters. The number of amides is 1. The maximum Gasteiger partial charge on any atom is 0.269 e. The second kappa shape index (κ2) is 8.15. The standard InChI is InChI=1S/C17H14N4O5S2/c22-16(11-12-1-5-14(6-2-12)21(23)24)19-13-3-7-15(8-4-13)28(25,26)20-17-18-9-10-27-17/h1-10H,11H2,(H,18,20)(H,19,22). The van der Waals surface area contributed by atoms with Gasteiger partial charge in [-0.25, -0.2) is 13.4 Å². The van der Waals surface area contributed by atoms with Gasteiger partial charge in [0.2, 0.25) is 5.91 Å². The van der Waals surface area contributed by atoms with Crippen LogP contribution in [0.2, 0.25) is 0 Å². The van der Waals surface area contributed by atoms with E-state index in [0.717, 1.165) is 11.3 Å². The second-order valence-electron chi connectivity index (χ2n) is 5.62. The predicted octanol–water partition coefficient (Wildman–Crippen LogP) is 3.03. The van der Waals surface area contributed by atoms with Crippen LogP contribution in [0.15, 0.2) is 65.0 Å². The molecule has 3 aromatic rings. The lowest BCUT2D eigenvalue weighted by molar-refractivity contribution is -0.384. The maximum atomic E-state index is 12.3. The molecule has 1 heterocycles. The van der Waals surface area contributed by atoms with Crippen LogP contribution in [-0.4, -0.2) is 24.2 Å². The molecule has 1 amide bonds. The first-order valence-electron chi connectivity index (χ1n) is 7.89. The van der Waals surface area contributed by atoms with Crippen molar-refractivity contribution in [2.75, 3.05) is 10.0 Å². The highest BCUT2D eigenvalue weighted by atomic mass is 32.2. The van der Waals surface area contributed by atoms with Gasteiger partial charge in [-0.05, 0) is 29.8 Å². The molecule has 2 N–H and O–H groups in total. The van der Waals surface area contributed by atoms with Crippen LogP contribution in [0.25, 0.3) is 0 Å². The van der Waals surface area contributed by atoms with Crippen LogP contribution in [0, 0.1) is 10.1 Å². The molecule has 0 unspecified atom stereocenters. The number of nitrogens with one attached hydrogen (secondary N) is 2. The number of carbonyl (C=O) groups excluding carboxylic acids is 1. The Morgan fingerprint density at radius 3 is 2.36 bits per heavy atom. The molecule has 1 aromatic heterocycles. The van der Waals surface area contributed by atoms with Gasteiger partial charge >= 0.3 is 0 Å². The molecule has 0 saturated heterocycles. The lowest BCUT2D eigenvalue weighted by Gasteiger charge is -2.08. The summed E-state index contributed by atoms with van der Waals surface area (Å²) in [6.07, 6.45) is 1.52. The number of nitro benzene ring substituents is 1. The minimum absolute atomic E-state index is 0.0314. The molecule has 0 aliphatic heterocycles. The van der Waals surface area contributed by atoms with E-state index in [4.69, 9.17) is 0 Å². The fourth-order valence-corrected chi connectivity index (χ4v) is 4.08. The number of aromatic nitrogens is 1. The van der Waals surface area contributed by atoms with E-state index in [2.05, 4.69) is 15.0 Å². The summed E-state index contributed by atoms with van der Waals surface area (Å²) in [5.41, 5.74) is 1.00.